The molecule has 0 aliphatic heterocycles. The molecule has 0 saturated heterocycles. The molecule has 0 radical (unpaired) electrons. The van der Waals surface area contributed by atoms with Gasteiger partial charge >= 0.3 is 0 Å². The van der Waals surface area contributed by atoms with Crippen LogP contribution in [0, 0.1) is 10.1 Å². The topological polar surface area (TPSA) is 93.9 Å². The van der Waals surface area contributed by atoms with Gasteiger partial charge < -0.3 is 19.7 Å². The summed E-state index contributed by atoms with van der Waals surface area (Å²) in [6.45, 7) is 2.00. The van der Waals surface area contributed by atoms with Gasteiger partial charge in [-0.05, 0) is 25.6 Å². The maximum atomic E-state index is 12.4. The van der Waals surface area contributed by atoms with E-state index in [4.69, 9.17) is 9.47 Å². The van der Waals surface area contributed by atoms with Gasteiger partial charge in [-0.15, -0.1) is 0 Å². The smallest absolute Gasteiger partial charge is 0.286 e. The van der Waals surface area contributed by atoms with Gasteiger partial charge in [-0.1, -0.05) is 30.3 Å². The highest BCUT2D eigenvalue weighted by Crippen LogP contribution is 2.34. The lowest BCUT2D eigenvalue weighted by atomic mass is 10.1. The van der Waals surface area contributed by atoms with E-state index in [0.717, 1.165) is 19.5 Å². The number of rotatable bonds is 10. The number of carbonyl (C=O) groups is 1. The van der Waals surface area contributed by atoms with E-state index in [2.05, 4.69) is 22.3 Å². The summed E-state index contributed by atoms with van der Waals surface area (Å²) in [5, 5.41) is 14.0. The molecule has 0 heterocycles. The van der Waals surface area contributed by atoms with Crippen LogP contribution < -0.4 is 14.8 Å². The maximum Gasteiger partial charge on any atom is 0.286 e. The van der Waals surface area contributed by atoms with Crippen molar-refractivity contribution in [3.63, 3.8) is 0 Å². The number of hydrogen-bond acceptors (Lipinski definition) is 6. The highest BCUT2D eigenvalue weighted by atomic mass is 16.6. The standard InChI is InChI=1S/C20H25N3O5/c1-22(14-15-8-5-4-6-9-15)11-7-10-21-20(24)16-12-18(27-2)19(28-3)13-17(16)23(25)26/h4-6,8-9,12-13H,7,10-11,14H2,1-3H3,(H,21,24). The molecule has 0 atom stereocenters. The van der Waals surface area contributed by atoms with E-state index < -0.39 is 10.8 Å². The molecule has 0 bridgehead atoms. The summed E-state index contributed by atoms with van der Waals surface area (Å²) in [4.78, 5) is 25.3. The molecule has 1 amide bonds. The molecule has 0 unspecified atom stereocenters. The molecule has 0 saturated carbocycles. The summed E-state index contributed by atoms with van der Waals surface area (Å²) in [5.74, 6) is -0.0486. The van der Waals surface area contributed by atoms with Gasteiger partial charge in [0.15, 0.2) is 11.5 Å². The Morgan fingerprint density at radius 1 is 1.14 bits per heavy atom. The Morgan fingerprint density at radius 2 is 1.79 bits per heavy atom. The summed E-state index contributed by atoms with van der Waals surface area (Å²) < 4.78 is 10.2. The molecule has 28 heavy (non-hydrogen) atoms. The SMILES string of the molecule is COc1cc(C(=O)NCCCN(C)Cc2ccccc2)c([N+](=O)[O-])cc1OC. The summed E-state index contributed by atoms with van der Waals surface area (Å²) in [7, 11) is 4.80. The Kier molecular flexibility index (Phi) is 7.76. The minimum Gasteiger partial charge on any atom is -0.493 e. The molecular weight excluding hydrogens is 362 g/mol. The number of amides is 1. The highest BCUT2D eigenvalue weighted by molar-refractivity contribution is 5.99. The van der Waals surface area contributed by atoms with Gasteiger partial charge in [0.25, 0.3) is 11.6 Å². The van der Waals surface area contributed by atoms with Crippen molar-refractivity contribution >= 4 is 11.6 Å². The van der Waals surface area contributed by atoms with E-state index in [1.54, 1.807) is 0 Å². The molecule has 8 nitrogen and oxygen atoms in total. The van der Waals surface area contributed by atoms with Crippen LogP contribution in [-0.2, 0) is 6.54 Å². The van der Waals surface area contributed by atoms with Crippen molar-refractivity contribution in [3.8, 4) is 11.5 Å². The van der Waals surface area contributed by atoms with Gasteiger partial charge in [-0.25, -0.2) is 0 Å². The highest BCUT2D eigenvalue weighted by Gasteiger charge is 2.24. The van der Waals surface area contributed by atoms with Crippen molar-refractivity contribution in [1.82, 2.24) is 10.2 Å². The number of benzene rings is 2. The third-order valence-corrected chi connectivity index (χ3v) is 4.24. The van der Waals surface area contributed by atoms with E-state index in [0.29, 0.717) is 6.54 Å². The summed E-state index contributed by atoms with van der Waals surface area (Å²) in [6.07, 6.45) is 0.718. The predicted molar refractivity (Wildman–Crippen MR) is 106 cm³/mol. The van der Waals surface area contributed by atoms with E-state index in [1.165, 1.54) is 31.9 Å². The first-order valence-corrected chi connectivity index (χ1v) is 8.87. The molecule has 2 aromatic carbocycles. The zero-order chi connectivity index (χ0) is 20.5. The van der Waals surface area contributed by atoms with Crippen LogP contribution in [0.3, 0.4) is 0 Å². The third-order valence-electron chi connectivity index (χ3n) is 4.24. The molecule has 0 aliphatic carbocycles. The van der Waals surface area contributed by atoms with Crippen molar-refractivity contribution in [2.45, 2.75) is 13.0 Å². The minimum atomic E-state index is -0.607. The number of nitro benzene ring substituents is 1. The van der Waals surface area contributed by atoms with Crippen LogP contribution in [0.4, 0.5) is 5.69 Å². The van der Waals surface area contributed by atoms with Crippen molar-refractivity contribution in [3.05, 3.63) is 63.7 Å². The monoisotopic (exact) mass is 387 g/mol. The Balaban J connectivity index is 1.92. The number of ether oxygens (including phenoxy) is 2. The molecule has 8 heteroatoms. The Bertz CT molecular complexity index is 811. The van der Waals surface area contributed by atoms with Crippen LogP contribution >= 0.6 is 0 Å². The van der Waals surface area contributed by atoms with Crippen LogP contribution in [0.5, 0.6) is 11.5 Å². The molecule has 1 N–H and O–H groups in total. The number of methoxy groups -OCH3 is 2. The average Bonchev–Trinajstić information content (AvgIpc) is 2.70. The van der Waals surface area contributed by atoms with Gasteiger partial charge in [-0.3, -0.25) is 14.9 Å². The lowest BCUT2D eigenvalue weighted by molar-refractivity contribution is -0.385. The first-order valence-electron chi connectivity index (χ1n) is 8.87. The maximum absolute atomic E-state index is 12.4. The largest absolute Gasteiger partial charge is 0.493 e. The second kappa shape index (κ2) is 10.3. The molecule has 2 aromatic rings. The predicted octanol–water partition coefficient (Wildman–Crippen LogP) is 2.86. The Labute approximate surface area is 164 Å². The van der Waals surface area contributed by atoms with E-state index >= 15 is 0 Å². The molecule has 0 aromatic heterocycles. The summed E-state index contributed by atoms with van der Waals surface area (Å²) >= 11 is 0. The number of carbonyl (C=O) groups excluding carboxylic acids is 1. The van der Waals surface area contributed by atoms with Crippen molar-refractivity contribution < 1.29 is 19.2 Å². The zero-order valence-corrected chi connectivity index (χ0v) is 16.3. The average molecular weight is 387 g/mol. The van der Waals surface area contributed by atoms with Crippen LogP contribution in [0.2, 0.25) is 0 Å². The zero-order valence-electron chi connectivity index (χ0n) is 16.3. The van der Waals surface area contributed by atoms with Crippen molar-refractivity contribution in [1.29, 1.82) is 0 Å². The van der Waals surface area contributed by atoms with E-state index in [-0.39, 0.29) is 22.7 Å². The fourth-order valence-electron chi connectivity index (χ4n) is 2.82. The van der Waals surface area contributed by atoms with Gasteiger partial charge in [0.05, 0.1) is 25.2 Å². The van der Waals surface area contributed by atoms with Gasteiger partial charge in [0, 0.05) is 19.2 Å². The van der Waals surface area contributed by atoms with Crippen molar-refractivity contribution in [2.75, 3.05) is 34.4 Å². The quantitative estimate of drug-likeness (QED) is 0.383. The number of hydrogen-bond donors (Lipinski definition) is 1. The molecular formula is C20H25N3O5. The number of nitro groups is 1. The first-order chi connectivity index (χ1) is 13.5. The Morgan fingerprint density at radius 3 is 2.39 bits per heavy atom. The normalized spacial score (nSPS) is 10.6. The second-order valence-corrected chi connectivity index (χ2v) is 6.31. The first kappa shape index (κ1) is 21.2. The molecule has 0 spiro atoms. The number of nitrogens with one attached hydrogen (secondary N) is 1. The second-order valence-electron chi connectivity index (χ2n) is 6.31. The molecule has 0 aliphatic rings. The van der Waals surface area contributed by atoms with Crippen LogP contribution in [-0.4, -0.2) is 50.1 Å². The number of nitrogens with zero attached hydrogens (tertiary/aromatic N) is 2. The van der Waals surface area contributed by atoms with Crippen LogP contribution in [0.25, 0.3) is 0 Å². The Hall–Kier alpha value is -3.13. The van der Waals surface area contributed by atoms with Crippen molar-refractivity contribution in [2.24, 2.45) is 0 Å². The molecule has 2 rings (SSSR count). The summed E-state index contributed by atoms with van der Waals surface area (Å²) in [5.41, 5.74) is 0.839. The van der Waals surface area contributed by atoms with E-state index in [1.807, 2.05) is 25.2 Å². The van der Waals surface area contributed by atoms with E-state index in [9.17, 15) is 14.9 Å². The molecule has 0 fully saturated rings. The minimum absolute atomic E-state index is 0.0553. The fourth-order valence-corrected chi connectivity index (χ4v) is 2.82. The van der Waals surface area contributed by atoms with Gasteiger partial charge in [0.2, 0.25) is 0 Å². The molecule has 150 valence electrons. The van der Waals surface area contributed by atoms with Crippen LogP contribution in [0.1, 0.15) is 22.3 Å². The van der Waals surface area contributed by atoms with Gasteiger partial charge in [-0.2, -0.15) is 0 Å². The summed E-state index contributed by atoms with van der Waals surface area (Å²) in [6, 6.07) is 12.6. The van der Waals surface area contributed by atoms with Gasteiger partial charge in [0.1, 0.15) is 5.56 Å². The lowest BCUT2D eigenvalue weighted by Gasteiger charge is -2.17. The fraction of sp³-hybridized carbons (Fsp3) is 0.350. The van der Waals surface area contributed by atoms with Crippen LogP contribution in [0.15, 0.2) is 42.5 Å². The lowest BCUT2D eigenvalue weighted by Crippen LogP contribution is -2.28. The third kappa shape index (κ3) is 5.68.